The standard InChI is InChI=1S/C10H20O4/c1-8(2)4-12-5-9-6-13-10(3,7-11)14-9/h8-9,11H,4-7H2,1-3H3. The molecule has 84 valence electrons. The van der Waals surface area contributed by atoms with E-state index in [-0.39, 0.29) is 12.7 Å². The topological polar surface area (TPSA) is 47.9 Å². The minimum Gasteiger partial charge on any atom is -0.391 e. The Balaban J connectivity index is 2.16. The van der Waals surface area contributed by atoms with Gasteiger partial charge in [0, 0.05) is 6.61 Å². The molecular formula is C10H20O4. The van der Waals surface area contributed by atoms with E-state index in [4.69, 9.17) is 19.3 Å². The molecule has 1 aliphatic heterocycles. The molecule has 14 heavy (non-hydrogen) atoms. The van der Waals surface area contributed by atoms with Crippen LogP contribution in [-0.4, -0.2) is 43.4 Å². The molecule has 1 saturated heterocycles. The number of aliphatic hydroxyl groups excluding tert-OH is 1. The second kappa shape index (κ2) is 5.07. The molecule has 1 rings (SSSR count). The Morgan fingerprint density at radius 2 is 2.29 bits per heavy atom. The summed E-state index contributed by atoms with van der Waals surface area (Å²) in [7, 11) is 0. The van der Waals surface area contributed by atoms with E-state index >= 15 is 0 Å². The van der Waals surface area contributed by atoms with Crippen molar-refractivity contribution in [2.45, 2.75) is 32.7 Å². The molecule has 0 aliphatic carbocycles. The third kappa shape index (κ3) is 3.53. The van der Waals surface area contributed by atoms with Crippen molar-refractivity contribution in [2.75, 3.05) is 26.4 Å². The van der Waals surface area contributed by atoms with Gasteiger partial charge in [-0.15, -0.1) is 0 Å². The van der Waals surface area contributed by atoms with Crippen molar-refractivity contribution in [3.8, 4) is 0 Å². The van der Waals surface area contributed by atoms with Gasteiger partial charge in [0.05, 0.1) is 19.8 Å². The summed E-state index contributed by atoms with van der Waals surface area (Å²) in [5.41, 5.74) is 0. The minimum atomic E-state index is -0.828. The molecule has 0 bridgehead atoms. The average molecular weight is 204 g/mol. The van der Waals surface area contributed by atoms with Crippen LogP contribution < -0.4 is 0 Å². The molecule has 0 aromatic heterocycles. The van der Waals surface area contributed by atoms with Gasteiger partial charge in [0.25, 0.3) is 0 Å². The van der Waals surface area contributed by atoms with Crippen LogP contribution in [0, 0.1) is 5.92 Å². The van der Waals surface area contributed by atoms with E-state index in [0.717, 1.165) is 6.61 Å². The lowest BCUT2D eigenvalue weighted by Crippen LogP contribution is -2.32. The zero-order valence-electron chi connectivity index (χ0n) is 9.16. The largest absolute Gasteiger partial charge is 0.391 e. The lowest BCUT2D eigenvalue weighted by molar-refractivity contribution is -0.183. The summed E-state index contributed by atoms with van der Waals surface area (Å²) in [6, 6.07) is 0. The van der Waals surface area contributed by atoms with Crippen LogP contribution in [0.5, 0.6) is 0 Å². The first kappa shape index (κ1) is 11.9. The average Bonchev–Trinajstić information content (AvgIpc) is 2.48. The zero-order valence-corrected chi connectivity index (χ0v) is 9.16. The van der Waals surface area contributed by atoms with E-state index in [1.807, 2.05) is 0 Å². The monoisotopic (exact) mass is 204 g/mol. The predicted octanol–water partition coefficient (Wildman–Crippen LogP) is 0.783. The minimum absolute atomic E-state index is 0.0501. The number of ether oxygens (including phenoxy) is 3. The first-order valence-corrected chi connectivity index (χ1v) is 5.06. The Hall–Kier alpha value is -0.160. The summed E-state index contributed by atoms with van der Waals surface area (Å²) in [6.45, 7) is 7.58. The van der Waals surface area contributed by atoms with Gasteiger partial charge in [0.15, 0.2) is 5.79 Å². The SMILES string of the molecule is CC(C)COCC1COC(C)(CO)O1. The highest BCUT2D eigenvalue weighted by Crippen LogP contribution is 2.22. The van der Waals surface area contributed by atoms with Crippen LogP contribution in [-0.2, 0) is 14.2 Å². The van der Waals surface area contributed by atoms with Gasteiger partial charge in [-0.2, -0.15) is 0 Å². The number of hydrogen-bond donors (Lipinski definition) is 1. The Morgan fingerprint density at radius 1 is 1.57 bits per heavy atom. The van der Waals surface area contributed by atoms with Crippen molar-refractivity contribution in [1.29, 1.82) is 0 Å². The lowest BCUT2D eigenvalue weighted by atomic mass is 10.2. The highest BCUT2D eigenvalue weighted by Gasteiger charge is 2.36. The highest BCUT2D eigenvalue weighted by atomic mass is 16.8. The molecule has 0 amide bonds. The molecule has 0 aromatic carbocycles. The van der Waals surface area contributed by atoms with Crippen LogP contribution in [0.2, 0.25) is 0 Å². The maximum atomic E-state index is 8.97. The fourth-order valence-electron chi connectivity index (χ4n) is 1.29. The van der Waals surface area contributed by atoms with E-state index < -0.39 is 5.79 Å². The molecule has 2 atom stereocenters. The molecule has 0 radical (unpaired) electrons. The normalized spacial score (nSPS) is 32.8. The van der Waals surface area contributed by atoms with Crippen molar-refractivity contribution >= 4 is 0 Å². The molecule has 4 heteroatoms. The molecule has 0 spiro atoms. The summed E-state index contributed by atoms with van der Waals surface area (Å²) in [4.78, 5) is 0. The molecule has 1 fully saturated rings. The molecule has 0 saturated carbocycles. The zero-order chi connectivity index (χ0) is 10.6. The molecule has 4 nitrogen and oxygen atoms in total. The molecule has 1 N–H and O–H groups in total. The Kier molecular flexibility index (Phi) is 4.31. The Labute approximate surface area is 85.2 Å². The van der Waals surface area contributed by atoms with Gasteiger partial charge in [-0.1, -0.05) is 13.8 Å². The van der Waals surface area contributed by atoms with Crippen molar-refractivity contribution in [3.63, 3.8) is 0 Å². The van der Waals surface area contributed by atoms with Crippen LogP contribution in [0.4, 0.5) is 0 Å². The van der Waals surface area contributed by atoms with Crippen LogP contribution >= 0.6 is 0 Å². The van der Waals surface area contributed by atoms with Gasteiger partial charge >= 0.3 is 0 Å². The van der Waals surface area contributed by atoms with E-state index in [1.165, 1.54) is 0 Å². The Bertz CT molecular complexity index is 172. The second-order valence-electron chi connectivity index (χ2n) is 4.27. The van der Waals surface area contributed by atoms with E-state index in [9.17, 15) is 0 Å². The second-order valence-corrected chi connectivity index (χ2v) is 4.27. The smallest absolute Gasteiger partial charge is 0.189 e. The molecule has 1 heterocycles. The Morgan fingerprint density at radius 3 is 2.79 bits per heavy atom. The lowest BCUT2D eigenvalue weighted by Gasteiger charge is -2.20. The molecule has 0 aromatic rings. The van der Waals surface area contributed by atoms with Gasteiger partial charge in [0.2, 0.25) is 0 Å². The first-order valence-electron chi connectivity index (χ1n) is 5.06. The summed E-state index contributed by atoms with van der Waals surface area (Å²) < 4.78 is 16.2. The van der Waals surface area contributed by atoms with Gasteiger partial charge in [0.1, 0.15) is 6.10 Å². The maximum absolute atomic E-state index is 8.97. The maximum Gasteiger partial charge on any atom is 0.189 e. The van der Waals surface area contributed by atoms with Gasteiger partial charge in [-0.05, 0) is 12.8 Å². The highest BCUT2D eigenvalue weighted by molar-refractivity contribution is 4.73. The fourth-order valence-corrected chi connectivity index (χ4v) is 1.29. The molecule has 2 unspecified atom stereocenters. The van der Waals surface area contributed by atoms with Crippen LogP contribution in [0.25, 0.3) is 0 Å². The van der Waals surface area contributed by atoms with Crippen LogP contribution in [0.3, 0.4) is 0 Å². The van der Waals surface area contributed by atoms with Crippen molar-refractivity contribution in [3.05, 3.63) is 0 Å². The van der Waals surface area contributed by atoms with Gasteiger partial charge in [-0.25, -0.2) is 0 Å². The number of aliphatic hydroxyl groups is 1. The van der Waals surface area contributed by atoms with Crippen LogP contribution in [0.1, 0.15) is 20.8 Å². The van der Waals surface area contributed by atoms with Crippen molar-refractivity contribution < 1.29 is 19.3 Å². The summed E-state index contributed by atoms with van der Waals surface area (Å²) in [5, 5.41) is 8.97. The first-order chi connectivity index (χ1) is 6.56. The van der Waals surface area contributed by atoms with E-state index in [2.05, 4.69) is 13.8 Å². The van der Waals surface area contributed by atoms with E-state index in [0.29, 0.717) is 19.1 Å². The number of rotatable bonds is 5. The van der Waals surface area contributed by atoms with E-state index in [1.54, 1.807) is 6.92 Å². The summed E-state index contributed by atoms with van der Waals surface area (Å²) >= 11 is 0. The summed E-state index contributed by atoms with van der Waals surface area (Å²) in [5.74, 6) is -0.298. The third-order valence-corrected chi connectivity index (χ3v) is 2.03. The third-order valence-electron chi connectivity index (χ3n) is 2.03. The summed E-state index contributed by atoms with van der Waals surface area (Å²) in [6.07, 6.45) is -0.0501. The molecule has 1 aliphatic rings. The van der Waals surface area contributed by atoms with Gasteiger partial charge < -0.3 is 19.3 Å². The van der Waals surface area contributed by atoms with Gasteiger partial charge in [-0.3, -0.25) is 0 Å². The van der Waals surface area contributed by atoms with Crippen molar-refractivity contribution in [2.24, 2.45) is 5.92 Å². The fraction of sp³-hybridized carbons (Fsp3) is 1.00. The molecular weight excluding hydrogens is 184 g/mol. The predicted molar refractivity (Wildman–Crippen MR) is 52.0 cm³/mol. The van der Waals surface area contributed by atoms with Crippen LogP contribution in [0.15, 0.2) is 0 Å². The number of hydrogen-bond acceptors (Lipinski definition) is 4. The van der Waals surface area contributed by atoms with Crippen molar-refractivity contribution in [1.82, 2.24) is 0 Å². The quantitative estimate of drug-likeness (QED) is 0.719.